The molecule has 0 bridgehead atoms. The maximum absolute atomic E-state index is 12.1. The van der Waals surface area contributed by atoms with Gasteiger partial charge in [-0.3, -0.25) is 4.79 Å². The number of amides is 1. The molecule has 18 heavy (non-hydrogen) atoms. The highest BCUT2D eigenvalue weighted by Crippen LogP contribution is 2.26. The Morgan fingerprint density at radius 1 is 1.44 bits per heavy atom. The lowest BCUT2D eigenvalue weighted by atomic mass is 9.92. The molecule has 1 aliphatic carbocycles. The minimum absolute atomic E-state index is 0.210. The minimum Gasteiger partial charge on any atom is -0.332 e. The van der Waals surface area contributed by atoms with Crippen molar-refractivity contribution in [1.29, 1.82) is 5.26 Å². The summed E-state index contributed by atoms with van der Waals surface area (Å²) in [6, 6.07) is 2.31. The number of carbonyl (C=O) groups is 1. The fourth-order valence-electron chi connectivity index (χ4n) is 2.45. The first kappa shape index (κ1) is 12.6. The number of rotatable bonds is 2. The molecular formula is C13H18N4O. The number of imidazole rings is 1. The van der Waals surface area contributed by atoms with Crippen LogP contribution in [0.15, 0.2) is 12.5 Å². The van der Waals surface area contributed by atoms with E-state index in [1.165, 1.54) is 6.20 Å². The van der Waals surface area contributed by atoms with Crippen molar-refractivity contribution in [3.05, 3.63) is 18.2 Å². The van der Waals surface area contributed by atoms with Crippen LogP contribution in [0.25, 0.3) is 0 Å². The number of nitrogens with zero attached hydrogens (tertiary/aromatic N) is 3. The van der Waals surface area contributed by atoms with E-state index in [4.69, 9.17) is 0 Å². The van der Waals surface area contributed by atoms with Gasteiger partial charge in [-0.1, -0.05) is 25.7 Å². The normalized spacial score (nSPS) is 18.7. The summed E-state index contributed by atoms with van der Waals surface area (Å²) in [5.41, 5.74) is -0.202. The van der Waals surface area contributed by atoms with Gasteiger partial charge in [0.25, 0.3) is 5.91 Å². The second-order valence-electron chi connectivity index (χ2n) is 4.95. The van der Waals surface area contributed by atoms with Crippen LogP contribution in [0.2, 0.25) is 0 Å². The molecule has 0 aromatic carbocycles. The van der Waals surface area contributed by atoms with E-state index in [1.807, 2.05) is 0 Å². The second kappa shape index (κ2) is 5.21. The summed E-state index contributed by atoms with van der Waals surface area (Å²) in [6.45, 7) is 0. The Morgan fingerprint density at radius 2 is 2.11 bits per heavy atom. The van der Waals surface area contributed by atoms with Gasteiger partial charge in [-0.05, 0) is 12.8 Å². The lowest BCUT2D eigenvalue weighted by Crippen LogP contribution is -2.47. The number of aromatic nitrogens is 2. The van der Waals surface area contributed by atoms with Crippen molar-refractivity contribution in [3.63, 3.8) is 0 Å². The number of hydrogen-bond acceptors (Lipinski definition) is 3. The quantitative estimate of drug-likeness (QED) is 0.808. The molecule has 1 amide bonds. The third kappa shape index (κ3) is 2.53. The van der Waals surface area contributed by atoms with Crippen molar-refractivity contribution in [2.45, 2.75) is 44.1 Å². The zero-order valence-corrected chi connectivity index (χ0v) is 10.6. The molecule has 5 heteroatoms. The molecule has 96 valence electrons. The first-order valence-corrected chi connectivity index (χ1v) is 6.37. The Kier molecular flexibility index (Phi) is 3.66. The molecule has 1 aliphatic rings. The van der Waals surface area contributed by atoms with Crippen LogP contribution in [0.1, 0.15) is 49.0 Å². The number of hydrogen-bond donors (Lipinski definition) is 1. The third-order valence-corrected chi connectivity index (χ3v) is 3.57. The van der Waals surface area contributed by atoms with Crippen LogP contribution >= 0.6 is 0 Å². The molecule has 0 aliphatic heterocycles. The van der Waals surface area contributed by atoms with Gasteiger partial charge in [-0.15, -0.1) is 0 Å². The summed E-state index contributed by atoms with van der Waals surface area (Å²) in [5.74, 6) is -0.210. The highest BCUT2D eigenvalue weighted by molar-refractivity contribution is 5.93. The molecule has 1 aromatic heterocycles. The van der Waals surface area contributed by atoms with Crippen molar-refractivity contribution in [1.82, 2.24) is 14.9 Å². The van der Waals surface area contributed by atoms with Crippen LogP contribution in [0.3, 0.4) is 0 Å². The maximum Gasteiger partial charge on any atom is 0.270 e. The first-order chi connectivity index (χ1) is 8.67. The van der Waals surface area contributed by atoms with Crippen LogP contribution < -0.4 is 5.32 Å². The van der Waals surface area contributed by atoms with Crippen molar-refractivity contribution in [3.8, 4) is 6.07 Å². The van der Waals surface area contributed by atoms with Gasteiger partial charge in [0.1, 0.15) is 11.2 Å². The molecule has 1 aromatic rings. The van der Waals surface area contributed by atoms with Crippen LogP contribution in [-0.4, -0.2) is 21.0 Å². The van der Waals surface area contributed by atoms with E-state index in [2.05, 4.69) is 16.4 Å². The topological polar surface area (TPSA) is 70.7 Å². The fourth-order valence-corrected chi connectivity index (χ4v) is 2.45. The average Bonchev–Trinajstić information content (AvgIpc) is 2.66. The number of nitriles is 1. The molecule has 1 heterocycles. The SMILES string of the molecule is Cn1cncc1C(=O)NC1(C#N)CCCCCC1. The molecule has 5 nitrogen and oxygen atoms in total. The van der Waals surface area contributed by atoms with E-state index in [1.54, 1.807) is 17.9 Å². The molecule has 1 saturated carbocycles. The zero-order chi connectivity index (χ0) is 13.0. The summed E-state index contributed by atoms with van der Waals surface area (Å²) in [6.07, 6.45) is 8.88. The van der Waals surface area contributed by atoms with E-state index in [9.17, 15) is 10.1 Å². The molecule has 0 spiro atoms. The van der Waals surface area contributed by atoms with Gasteiger partial charge in [0.05, 0.1) is 18.6 Å². The first-order valence-electron chi connectivity index (χ1n) is 6.37. The van der Waals surface area contributed by atoms with Crippen LogP contribution in [0, 0.1) is 11.3 Å². The molecule has 2 rings (SSSR count). The van der Waals surface area contributed by atoms with Crippen molar-refractivity contribution in [2.24, 2.45) is 7.05 Å². The van der Waals surface area contributed by atoms with Gasteiger partial charge in [0, 0.05) is 7.05 Å². The number of nitrogens with one attached hydrogen (secondary N) is 1. The van der Waals surface area contributed by atoms with Crippen molar-refractivity contribution < 1.29 is 4.79 Å². The maximum atomic E-state index is 12.1. The average molecular weight is 246 g/mol. The zero-order valence-electron chi connectivity index (χ0n) is 10.6. The largest absolute Gasteiger partial charge is 0.332 e. The van der Waals surface area contributed by atoms with E-state index in [-0.39, 0.29) is 5.91 Å². The lowest BCUT2D eigenvalue weighted by molar-refractivity contribution is 0.0904. The molecule has 1 fully saturated rings. The highest BCUT2D eigenvalue weighted by Gasteiger charge is 2.33. The summed E-state index contributed by atoms with van der Waals surface area (Å²) < 4.78 is 1.66. The fraction of sp³-hybridized carbons (Fsp3) is 0.615. The molecule has 1 N–H and O–H groups in total. The van der Waals surface area contributed by atoms with Gasteiger partial charge < -0.3 is 9.88 Å². The van der Waals surface area contributed by atoms with E-state index < -0.39 is 5.54 Å². The van der Waals surface area contributed by atoms with E-state index >= 15 is 0 Å². The summed E-state index contributed by atoms with van der Waals surface area (Å²) in [4.78, 5) is 16.1. The lowest BCUT2D eigenvalue weighted by Gasteiger charge is -2.26. The second-order valence-corrected chi connectivity index (χ2v) is 4.95. The Morgan fingerprint density at radius 3 is 2.61 bits per heavy atom. The Bertz CT molecular complexity index is 464. The van der Waals surface area contributed by atoms with Gasteiger partial charge in [-0.2, -0.15) is 5.26 Å². The number of aryl methyl sites for hydroxylation is 1. The Balaban J connectivity index is 2.13. The van der Waals surface area contributed by atoms with E-state index in [0.29, 0.717) is 5.69 Å². The summed E-state index contributed by atoms with van der Waals surface area (Å²) in [5, 5.41) is 12.3. The molecular weight excluding hydrogens is 228 g/mol. The predicted molar refractivity (Wildman–Crippen MR) is 66.7 cm³/mol. The molecule has 0 atom stereocenters. The monoisotopic (exact) mass is 246 g/mol. The van der Waals surface area contributed by atoms with Crippen molar-refractivity contribution >= 4 is 5.91 Å². The van der Waals surface area contributed by atoms with Crippen LogP contribution in [0.4, 0.5) is 0 Å². The Hall–Kier alpha value is -1.83. The van der Waals surface area contributed by atoms with E-state index in [0.717, 1.165) is 38.5 Å². The van der Waals surface area contributed by atoms with Gasteiger partial charge in [0.2, 0.25) is 0 Å². The van der Waals surface area contributed by atoms with Crippen LogP contribution in [0.5, 0.6) is 0 Å². The molecule has 0 unspecified atom stereocenters. The van der Waals surface area contributed by atoms with Gasteiger partial charge in [0.15, 0.2) is 0 Å². The standard InChI is InChI=1S/C13H18N4O/c1-17-10-15-8-11(17)12(18)16-13(9-14)6-4-2-3-5-7-13/h8,10H,2-7H2,1H3,(H,16,18). The van der Waals surface area contributed by atoms with Crippen molar-refractivity contribution in [2.75, 3.05) is 0 Å². The van der Waals surface area contributed by atoms with Crippen LogP contribution in [-0.2, 0) is 7.05 Å². The number of carbonyl (C=O) groups excluding carboxylic acids is 1. The Labute approximate surface area is 107 Å². The summed E-state index contributed by atoms with van der Waals surface area (Å²) >= 11 is 0. The predicted octanol–water partition coefficient (Wildman–Crippen LogP) is 1.77. The molecule has 0 saturated heterocycles. The van der Waals surface area contributed by atoms with Gasteiger partial charge >= 0.3 is 0 Å². The summed E-state index contributed by atoms with van der Waals surface area (Å²) in [7, 11) is 1.77. The molecule has 0 radical (unpaired) electrons. The highest BCUT2D eigenvalue weighted by atomic mass is 16.2. The third-order valence-electron chi connectivity index (χ3n) is 3.57. The smallest absolute Gasteiger partial charge is 0.270 e. The van der Waals surface area contributed by atoms with Gasteiger partial charge in [-0.25, -0.2) is 4.98 Å². The minimum atomic E-state index is -0.697.